The smallest absolute Gasteiger partial charge is 0.192 e. The quantitative estimate of drug-likeness (QED) is 0.300. The Morgan fingerprint density at radius 3 is 2.32 bits per heavy atom. The van der Waals surface area contributed by atoms with E-state index in [2.05, 4.69) is 33.9 Å². The molecular formula is C29H39FO6Si. The lowest BCUT2D eigenvalue weighted by atomic mass is 9.85. The summed E-state index contributed by atoms with van der Waals surface area (Å²) in [7, 11) is 0.600. The number of methoxy groups -OCH3 is 2. The monoisotopic (exact) mass is 530 g/mol. The van der Waals surface area contributed by atoms with Gasteiger partial charge in [0.2, 0.25) is 0 Å². The van der Waals surface area contributed by atoms with E-state index >= 15 is 4.39 Å². The number of ketones is 1. The molecule has 2 aromatic rings. The van der Waals surface area contributed by atoms with Crippen LogP contribution in [-0.4, -0.2) is 51.7 Å². The van der Waals surface area contributed by atoms with Gasteiger partial charge < -0.3 is 23.7 Å². The fourth-order valence-corrected chi connectivity index (χ4v) is 4.97. The first-order valence-corrected chi connectivity index (χ1v) is 15.3. The minimum absolute atomic E-state index is 0.0135. The number of rotatable bonds is 9. The van der Waals surface area contributed by atoms with Gasteiger partial charge in [0.1, 0.15) is 17.2 Å². The molecule has 2 aromatic carbocycles. The molecule has 0 radical (unpaired) electrons. The van der Waals surface area contributed by atoms with E-state index < -0.39 is 37.5 Å². The van der Waals surface area contributed by atoms with Crippen molar-refractivity contribution in [1.82, 2.24) is 0 Å². The van der Waals surface area contributed by atoms with Gasteiger partial charge in [0, 0.05) is 22.8 Å². The van der Waals surface area contributed by atoms with E-state index in [4.69, 9.17) is 18.6 Å². The molecule has 37 heavy (non-hydrogen) atoms. The number of aliphatic hydroxyl groups excluding tert-OH is 1. The molecule has 3 rings (SSSR count). The highest BCUT2D eigenvalue weighted by Gasteiger charge is 2.40. The third-order valence-corrected chi connectivity index (χ3v) is 11.8. The average Bonchev–Trinajstić information content (AvgIpc) is 2.82. The van der Waals surface area contributed by atoms with E-state index in [1.165, 1.54) is 26.4 Å². The van der Waals surface area contributed by atoms with Crippen LogP contribution in [0.3, 0.4) is 0 Å². The Kier molecular flexibility index (Phi) is 8.27. The summed E-state index contributed by atoms with van der Waals surface area (Å²) in [5.74, 6) is -1.23. The standard InChI is InChI=1S/C29H39FO6Si/c1-28(2,3)37(8,9)35-17-22(31)26(20-15-24(33-6)25(34-7)16-21(20)30)27(32)19-10-11-23-18(14-19)12-13-29(4,5)36-23/h10-16,22,26,31H,17H2,1-9H3/t22-,26+/m1/s1. The van der Waals surface area contributed by atoms with Crippen molar-refractivity contribution in [1.29, 1.82) is 0 Å². The summed E-state index contributed by atoms with van der Waals surface area (Å²) >= 11 is 0. The molecular weight excluding hydrogens is 491 g/mol. The summed E-state index contributed by atoms with van der Waals surface area (Å²) in [6.45, 7) is 14.2. The zero-order valence-electron chi connectivity index (χ0n) is 23.3. The van der Waals surface area contributed by atoms with Crippen molar-refractivity contribution in [2.24, 2.45) is 0 Å². The van der Waals surface area contributed by atoms with E-state index in [0.29, 0.717) is 11.3 Å². The van der Waals surface area contributed by atoms with Crippen molar-refractivity contribution in [3.8, 4) is 17.2 Å². The molecule has 202 valence electrons. The van der Waals surface area contributed by atoms with Gasteiger partial charge in [-0.15, -0.1) is 0 Å². The number of halogens is 1. The van der Waals surface area contributed by atoms with Crippen molar-refractivity contribution in [3.05, 3.63) is 58.9 Å². The summed E-state index contributed by atoms with van der Waals surface area (Å²) in [6.07, 6.45) is 2.52. The maximum absolute atomic E-state index is 15.4. The topological polar surface area (TPSA) is 74.2 Å². The second-order valence-corrected chi connectivity index (χ2v) is 16.3. The number of aliphatic hydroxyl groups is 1. The molecule has 6 nitrogen and oxygen atoms in total. The molecule has 0 amide bonds. The highest BCUT2D eigenvalue weighted by atomic mass is 28.4. The van der Waals surface area contributed by atoms with Crippen molar-refractivity contribution in [3.63, 3.8) is 0 Å². The lowest BCUT2D eigenvalue weighted by Crippen LogP contribution is -2.44. The molecule has 0 aliphatic carbocycles. The maximum Gasteiger partial charge on any atom is 0.192 e. The van der Waals surface area contributed by atoms with Crippen LogP contribution in [0.2, 0.25) is 18.1 Å². The van der Waals surface area contributed by atoms with E-state index in [1.54, 1.807) is 18.2 Å². The normalized spacial score (nSPS) is 16.4. The maximum atomic E-state index is 15.4. The lowest BCUT2D eigenvalue weighted by Gasteiger charge is -2.37. The number of benzene rings is 2. The van der Waals surface area contributed by atoms with Gasteiger partial charge in [-0.25, -0.2) is 4.39 Å². The highest BCUT2D eigenvalue weighted by molar-refractivity contribution is 6.74. The third-order valence-electron chi connectivity index (χ3n) is 7.26. The van der Waals surface area contributed by atoms with E-state index in [9.17, 15) is 9.90 Å². The van der Waals surface area contributed by atoms with Crippen molar-refractivity contribution in [2.75, 3.05) is 20.8 Å². The average molecular weight is 531 g/mol. The van der Waals surface area contributed by atoms with Crippen LogP contribution in [-0.2, 0) is 4.43 Å². The van der Waals surface area contributed by atoms with E-state index in [0.717, 1.165) is 5.56 Å². The molecule has 0 bridgehead atoms. The molecule has 0 spiro atoms. The largest absolute Gasteiger partial charge is 0.493 e. The molecule has 1 N–H and O–H groups in total. The molecule has 0 saturated heterocycles. The summed E-state index contributed by atoms with van der Waals surface area (Å²) in [6, 6.07) is 7.66. The lowest BCUT2D eigenvalue weighted by molar-refractivity contribution is 0.0608. The van der Waals surface area contributed by atoms with Gasteiger partial charge in [0.05, 0.1) is 32.8 Å². The second-order valence-electron chi connectivity index (χ2n) is 11.5. The number of hydrogen-bond acceptors (Lipinski definition) is 6. The molecule has 0 saturated carbocycles. The van der Waals surface area contributed by atoms with Crippen molar-refractivity contribution in [2.45, 2.75) is 70.4 Å². The molecule has 2 atom stereocenters. The fraction of sp³-hybridized carbons (Fsp3) is 0.483. The Labute approximate surface area is 220 Å². The van der Waals surface area contributed by atoms with E-state index in [1.807, 2.05) is 26.0 Å². The molecule has 1 aliphatic heterocycles. The van der Waals surface area contributed by atoms with Crippen molar-refractivity contribution >= 4 is 20.2 Å². The first-order chi connectivity index (χ1) is 17.1. The fourth-order valence-electron chi connectivity index (χ4n) is 3.95. The summed E-state index contributed by atoms with van der Waals surface area (Å²) in [5, 5.41) is 11.2. The van der Waals surface area contributed by atoms with Crippen molar-refractivity contribution < 1.29 is 32.9 Å². The minimum atomic E-state index is -2.24. The first-order valence-electron chi connectivity index (χ1n) is 12.4. The molecule has 1 heterocycles. The highest BCUT2D eigenvalue weighted by Crippen LogP contribution is 2.40. The summed E-state index contributed by atoms with van der Waals surface area (Å²) < 4.78 is 38.2. The van der Waals surface area contributed by atoms with Crippen LogP contribution in [0.25, 0.3) is 6.08 Å². The summed E-state index contributed by atoms with van der Waals surface area (Å²) in [5.41, 5.74) is 0.627. The van der Waals surface area contributed by atoms with Gasteiger partial charge in [0.25, 0.3) is 0 Å². The Morgan fingerprint density at radius 2 is 1.73 bits per heavy atom. The van der Waals surface area contributed by atoms with Gasteiger partial charge in [-0.2, -0.15) is 0 Å². The van der Waals surface area contributed by atoms with E-state index in [-0.39, 0.29) is 28.7 Å². The molecule has 1 aliphatic rings. The molecule has 8 heteroatoms. The van der Waals surface area contributed by atoms with Crippen LogP contribution in [0.5, 0.6) is 17.2 Å². The van der Waals surface area contributed by atoms with Crippen LogP contribution in [0.15, 0.2) is 36.4 Å². The number of carbonyl (C=O) groups is 1. The Morgan fingerprint density at radius 1 is 1.11 bits per heavy atom. The SMILES string of the molecule is COc1cc(F)c([C@H](C(=O)c2ccc3c(c2)C=CC(C)(C)O3)[C@H](O)CO[Si](C)(C)C(C)(C)C)cc1OC. The first kappa shape index (κ1) is 28.9. The third kappa shape index (κ3) is 6.25. The zero-order valence-corrected chi connectivity index (χ0v) is 24.3. The van der Waals surface area contributed by atoms with Gasteiger partial charge in [-0.3, -0.25) is 4.79 Å². The number of Topliss-reactive ketones (excluding diaryl/α,β-unsaturated/α-hetero) is 1. The summed E-state index contributed by atoms with van der Waals surface area (Å²) in [4.78, 5) is 13.9. The number of fused-ring (bicyclic) bond motifs is 1. The van der Waals surface area contributed by atoms with Crippen LogP contribution >= 0.6 is 0 Å². The number of hydrogen-bond donors (Lipinski definition) is 1. The Balaban J connectivity index is 2.05. The molecule has 0 aromatic heterocycles. The van der Waals surface area contributed by atoms with Crippen LogP contribution in [0.1, 0.15) is 62.0 Å². The zero-order chi connectivity index (χ0) is 27.8. The van der Waals surface area contributed by atoms with Gasteiger partial charge in [0.15, 0.2) is 25.6 Å². The minimum Gasteiger partial charge on any atom is -0.493 e. The Hall–Kier alpha value is -2.68. The predicted octanol–water partition coefficient (Wildman–Crippen LogP) is 6.38. The van der Waals surface area contributed by atoms with Crippen LogP contribution in [0, 0.1) is 5.82 Å². The van der Waals surface area contributed by atoms with Gasteiger partial charge in [-0.05, 0) is 62.3 Å². The Bertz CT molecular complexity index is 1180. The number of ether oxygens (including phenoxy) is 3. The molecule has 0 fully saturated rings. The van der Waals surface area contributed by atoms with Gasteiger partial charge >= 0.3 is 0 Å². The molecule has 0 unspecified atom stereocenters. The predicted molar refractivity (Wildman–Crippen MR) is 146 cm³/mol. The van der Waals surface area contributed by atoms with Crippen LogP contribution < -0.4 is 14.2 Å². The number of carbonyl (C=O) groups excluding carboxylic acids is 1. The van der Waals surface area contributed by atoms with Gasteiger partial charge in [-0.1, -0.05) is 26.8 Å². The van der Waals surface area contributed by atoms with Crippen LogP contribution in [0.4, 0.5) is 4.39 Å². The second kappa shape index (κ2) is 10.6.